The first kappa shape index (κ1) is 25.7. The van der Waals surface area contributed by atoms with Gasteiger partial charge in [0.1, 0.15) is 5.25 Å². The van der Waals surface area contributed by atoms with Gasteiger partial charge in [-0.3, -0.25) is 19.7 Å². The van der Waals surface area contributed by atoms with E-state index in [0.717, 1.165) is 27.3 Å². The van der Waals surface area contributed by atoms with Gasteiger partial charge in [0.25, 0.3) is 11.6 Å². The van der Waals surface area contributed by atoms with Crippen LogP contribution in [0.2, 0.25) is 0 Å². The smallest absolute Gasteiger partial charge is 0.270 e. The molecule has 8 heteroatoms. The number of amides is 2. The third kappa shape index (κ3) is 6.62. The van der Waals surface area contributed by atoms with E-state index in [0.29, 0.717) is 5.69 Å². The summed E-state index contributed by atoms with van der Waals surface area (Å²) in [6, 6.07) is 28.2. The summed E-state index contributed by atoms with van der Waals surface area (Å²) < 4.78 is 0. The normalized spacial score (nSPS) is 11.4. The number of nitrogens with zero attached hydrogens (tertiary/aromatic N) is 1. The zero-order chi connectivity index (χ0) is 26.4. The Balaban J connectivity index is 1.49. The molecule has 37 heavy (non-hydrogen) atoms. The topological polar surface area (TPSA) is 101 Å². The van der Waals surface area contributed by atoms with E-state index in [1.54, 1.807) is 12.1 Å². The average Bonchev–Trinajstić information content (AvgIpc) is 2.90. The number of nitro benzene ring substituents is 1. The van der Waals surface area contributed by atoms with Gasteiger partial charge < -0.3 is 10.6 Å². The van der Waals surface area contributed by atoms with E-state index in [1.165, 1.54) is 36.0 Å². The zero-order valence-corrected chi connectivity index (χ0v) is 21.1. The maximum atomic E-state index is 13.4. The van der Waals surface area contributed by atoms with Crippen molar-refractivity contribution in [3.63, 3.8) is 0 Å². The van der Waals surface area contributed by atoms with Crippen LogP contribution in [0.4, 0.5) is 17.1 Å². The molecular formula is C29H25N3O4S. The number of carbonyl (C=O) groups is 2. The Morgan fingerprint density at radius 2 is 1.57 bits per heavy atom. The zero-order valence-electron chi connectivity index (χ0n) is 20.3. The second-order valence-corrected chi connectivity index (χ2v) is 9.68. The third-order valence-electron chi connectivity index (χ3n) is 5.67. The quantitative estimate of drug-likeness (QED) is 0.152. The number of nitrogens with one attached hydrogen (secondary N) is 2. The standard InChI is InChI=1S/C29H25N3O4S/c1-19-11-16-26(20(2)17-19)31-29(34)27(21-7-4-3-5-8-21)37-25-14-12-23(13-15-25)30-28(33)22-9-6-10-24(18-22)32(35)36/h3-18,27H,1-2H3,(H,30,33)(H,31,34). The summed E-state index contributed by atoms with van der Waals surface area (Å²) in [5, 5.41) is 16.3. The number of hydrogen-bond donors (Lipinski definition) is 2. The Morgan fingerprint density at radius 1 is 0.838 bits per heavy atom. The van der Waals surface area contributed by atoms with Crippen molar-refractivity contribution in [3.05, 3.63) is 129 Å². The highest BCUT2D eigenvalue weighted by Gasteiger charge is 2.23. The van der Waals surface area contributed by atoms with Crippen LogP contribution in [0.5, 0.6) is 0 Å². The Kier molecular flexibility index (Phi) is 8.00. The first-order valence-electron chi connectivity index (χ1n) is 11.6. The molecule has 0 aliphatic heterocycles. The van der Waals surface area contributed by atoms with Gasteiger partial charge in [0, 0.05) is 34.0 Å². The molecule has 0 radical (unpaired) electrons. The van der Waals surface area contributed by atoms with Gasteiger partial charge in [0.2, 0.25) is 5.91 Å². The van der Waals surface area contributed by atoms with E-state index in [9.17, 15) is 19.7 Å². The van der Waals surface area contributed by atoms with Crippen LogP contribution in [0.25, 0.3) is 0 Å². The molecular weight excluding hydrogens is 486 g/mol. The minimum atomic E-state index is -0.539. The van der Waals surface area contributed by atoms with Gasteiger partial charge in [-0.15, -0.1) is 11.8 Å². The molecule has 2 N–H and O–H groups in total. The highest BCUT2D eigenvalue weighted by Crippen LogP contribution is 2.37. The Morgan fingerprint density at radius 3 is 2.24 bits per heavy atom. The van der Waals surface area contributed by atoms with Crippen LogP contribution in [-0.2, 0) is 4.79 Å². The van der Waals surface area contributed by atoms with Gasteiger partial charge in [-0.05, 0) is 61.4 Å². The number of hydrogen-bond acceptors (Lipinski definition) is 5. The Hall–Kier alpha value is -4.43. The summed E-state index contributed by atoms with van der Waals surface area (Å²) in [6.45, 7) is 3.98. The Bertz CT molecular complexity index is 1440. The van der Waals surface area contributed by atoms with Gasteiger partial charge in [-0.2, -0.15) is 0 Å². The molecule has 7 nitrogen and oxygen atoms in total. The first-order valence-corrected chi connectivity index (χ1v) is 12.4. The predicted octanol–water partition coefficient (Wildman–Crippen LogP) is 6.94. The number of thioether (sulfide) groups is 1. The van der Waals surface area contributed by atoms with E-state index in [2.05, 4.69) is 10.6 Å². The van der Waals surface area contributed by atoms with Crippen LogP contribution in [0.3, 0.4) is 0 Å². The molecule has 0 aromatic heterocycles. The molecule has 0 aliphatic rings. The lowest BCUT2D eigenvalue weighted by Crippen LogP contribution is -2.19. The molecule has 4 aromatic carbocycles. The van der Waals surface area contributed by atoms with Crippen LogP contribution in [0.15, 0.2) is 102 Å². The number of rotatable bonds is 8. The molecule has 0 saturated heterocycles. The van der Waals surface area contributed by atoms with Crippen molar-refractivity contribution in [2.45, 2.75) is 24.0 Å². The highest BCUT2D eigenvalue weighted by atomic mass is 32.2. The van der Waals surface area contributed by atoms with Crippen LogP contribution in [-0.4, -0.2) is 16.7 Å². The molecule has 1 unspecified atom stereocenters. The van der Waals surface area contributed by atoms with Gasteiger partial charge >= 0.3 is 0 Å². The van der Waals surface area contributed by atoms with Crippen molar-refractivity contribution in [2.75, 3.05) is 10.6 Å². The van der Waals surface area contributed by atoms with Crippen molar-refractivity contribution in [1.29, 1.82) is 0 Å². The van der Waals surface area contributed by atoms with Gasteiger partial charge in [-0.1, -0.05) is 54.1 Å². The third-order valence-corrected chi connectivity index (χ3v) is 6.93. The number of benzene rings is 4. The maximum Gasteiger partial charge on any atom is 0.270 e. The summed E-state index contributed by atoms with van der Waals surface area (Å²) in [5.41, 5.74) is 4.35. The summed E-state index contributed by atoms with van der Waals surface area (Å²) in [4.78, 5) is 37.2. The van der Waals surface area contributed by atoms with Gasteiger partial charge in [0.15, 0.2) is 0 Å². The van der Waals surface area contributed by atoms with Crippen molar-refractivity contribution in [2.24, 2.45) is 0 Å². The largest absolute Gasteiger partial charge is 0.325 e. The molecule has 1 atom stereocenters. The van der Waals surface area contributed by atoms with E-state index in [1.807, 2.05) is 74.5 Å². The van der Waals surface area contributed by atoms with Crippen molar-refractivity contribution in [3.8, 4) is 0 Å². The molecule has 0 saturated carbocycles. The molecule has 0 fully saturated rings. The van der Waals surface area contributed by atoms with Crippen molar-refractivity contribution in [1.82, 2.24) is 0 Å². The molecule has 4 aromatic rings. The lowest BCUT2D eigenvalue weighted by atomic mass is 10.1. The van der Waals surface area contributed by atoms with Crippen LogP contribution in [0.1, 0.15) is 32.3 Å². The summed E-state index contributed by atoms with van der Waals surface area (Å²) in [5.74, 6) is -0.578. The molecule has 4 rings (SSSR count). The second-order valence-electron chi connectivity index (χ2n) is 8.50. The van der Waals surface area contributed by atoms with Crippen molar-refractivity contribution >= 4 is 40.6 Å². The van der Waals surface area contributed by atoms with E-state index >= 15 is 0 Å². The fraction of sp³-hybridized carbons (Fsp3) is 0.103. The highest BCUT2D eigenvalue weighted by molar-refractivity contribution is 8.00. The summed E-state index contributed by atoms with van der Waals surface area (Å²) >= 11 is 1.41. The summed E-state index contributed by atoms with van der Waals surface area (Å²) in [6.07, 6.45) is 0. The van der Waals surface area contributed by atoms with Crippen LogP contribution in [0, 0.1) is 24.0 Å². The molecule has 0 aliphatic carbocycles. The Labute approximate surface area is 219 Å². The summed E-state index contributed by atoms with van der Waals surface area (Å²) in [7, 11) is 0. The van der Waals surface area contributed by atoms with E-state index in [4.69, 9.17) is 0 Å². The fourth-order valence-electron chi connectivity index (χ4n) is 3.77. The van der Waals surface area contributed by atoms with Crippen LogP contribution >= 0.6 is 11.8 Å². The number of carbonyl (C=O) groups excluding carboxylic acids is 2. The second kappa shape index (κ2) is 11.5. The lowest BCUT2D eigenvalue weighted by molar-refractivity contribution is -0.384. The lowest BCUT2D eigenvalue weighted by Gasteiger charge is -2.18. The monoisotopic (exact) mass is 511 g/mol. The first-order chi connectivity index (χ1) is 17.8. The average molecular weight is 512 g/mol. The molecule has 0 spiro atoms. The van der Waals surface area contributed by atoms with Gasteiger partial charge in [-0.25, -0.2) is 0 Å². The number of aryl methyl sites for hydroxylation is 2. The molecule has 0 heterocycles. The minimum absolute atomic E-state index is 0.133. The molecule has 186 valence electrons. The van der Waals surface area contributed by atoms with Crippen LogP contribution < -0.4 is 10.6 Å². The van der Waals surface area contributed by atoms with Crippen molar-refractivity contribution < 1.29 is 14.5 Å². The molecule has 2 amide bonds. The van der Waals surface area contributed by atoms with Gasteiger partial charge in [0.05, 0.1) is 4.92 Å². The van der Waals surface area contributed by atoms with E-state index < -0.39 is 16.1 Å². The fourth-order valence-corrected chi connectivity index (χ4v) is 4.79. The predicted molar refractivity (Wildman–Crippen MR) is 147 cm³/mol. The number of non-ortho nitro benzene ring substituents is 1. The number of anilines is 2. The minimum Gasteiger partial charge on any atom is -0.325 e. The number of nitro groups is 1. The maximum absolute atomic E-state index is 13.4. The van der Waals surface area contributed by atoms with E-state index in [-0.39, 0.29) is 17.2 Å². The molecule has 0 bridgehead atoms. The SMILES string of the molecule is Cc1ccc(NC(=O)C(Sc2ccc(NC(=O)c3cccc([N+](=O)[O-])c3)cc2)c2ccccc2)c(C)c1.